The molecular weight excluding hydrogens is 289 g/mol. The number of hydrogen-bond acceptors (Lipinski definition) is 4. The van der Waals surface area contributed by atoms with Crippen LogP contribution in [0.25, 0.3) is 0 Å². The van der Waals surface area contributed by atoms with Crippen molar-refractivity contribution in [3.05, 3.63) is 32.3 Å². The Morgan fingerprint density at radius 2 is 2.11 bits per heavy atom. The van der Waals surface area contributed by atoms with Crippen LogP contribution in [0.4, 0.5) is 11.4 Å². The van der Waals surface area contributed by atoms with Crippen LogP contribution in [-0.4, -0.2) is 24.1 Å². The molecule has 7 heteroatoms. The van der Waals surface area contributed by atoms with Crippen molar-refractivity contribution in [2.45, 2.75) is 25.3 Å². The molecule has 0 amide bonds. The van der Waals surface area contributed by atoms with E-state index in [1.165, 1.54) is 25.0 Å². The number of rotatable bonds is 4. The van der Waals surface area contributed by atoms with Crippen LogP contribution in [0, 0.1) is 10.1 Å². The summed E-state index contributed by atoms with van der Waals surface area (Å²) in [5.41, 5.74) is 0.358. The number of anilines is 1. The van der Waals surface area contributed by atoms with Crippen molar-refractivity contribution < 1.29 is 4.92 Å². The molecule has 0 saturated carbocycles. The first kappa shape index (κ1) is 14.4. The largest absolute Gasteiger partial charge is 0.378 e. The average molecular weight is 304 g/mol. The van der Waals surface area contributed by atoms with E-state index in [-0.39, 0.29) is 10.7 Å². The van der Waals surface area contributed by atoms with Crippen LogP contribution in [0.15, 0.2) is 12.1 Å². The lowest BCUT2D eigenvalue weighted by Gasteiger charge is -2.24. The summed E-state index contributed by atoms with van der Waals surface area (Å²) in [6.45, 7) is 1.63. The summed E-state index contributed by atoms with van der Waals surface area (Å²) < 4.78 is 0. The first-order valence-electron chi connectivity index (χ1n) is 6.18. The van der Waals surface area contributed by atoms with Gasteiger partial charge in [-0.05, 0) is 25.5 Å². The minimum absolute atomic E-state index is 0.0507. The molecule has 1 aliphatic rings. The summed E-state index contributed by atoms with van der Waals surface area (Å²) in [5.74, 6) is 0. The Labute approximate surface area is 121 Å². The Bertz CT molecular complexity index is 476. The van der Waals surface area contributed by atoms with E-state index < -0.39 is 4.92 Å². The van der Waals surface area contributed by atoms with Gasteiger partial charge in [0.1, 0.15) is 5.69 Å². The molecule has 104 valence electrons. The molecule has 0 aliphatic carbocycles. The molecule has 1 aliphatic heterocycles. The summed E-state index contributed by atoms with van der Waals surface area (Å²) in [4.78, 5) is 10.5. The van der Waals surface area contributed by atoms with Gasteiger partial charge in [-0.2, -0.15) is 0 Å². The van der Waals surface area contributed by atoms with E-state index in [2.05, 4.69) is 10.6 Å². The molecule has 1 unspecified atom stereocenters. The molecule has 0 bridgehead atoms. The maximum absolute atomic E-state index is 11.0. The van der Waals surface area contributed by atoms with Crippen molar-refractivity contribution in [3.8, 4) is 0 Å². The quantitative estimate of drug-likeness (QED) is 0.660. The number of nitro groups is 1. The summed E-state index contributed by atoms with van der Waals surface area (Å²) in [5, 5.41) is 17.9. The van der Waals surface area contributed by atoms with E-state index in [0.29, 0.717) is 23.3 Å². The van der Waals surface area contributed by atoms with Crippen LogP contribution in [-0.2, 0) is 0 Å². The minimum atomic E-state index is -0.459. The number of nitrogens with zero attached hydrogens (tertiary/aromatic N) is 1. The number of benzene rings is 1. The highest BCUT2D eigenvalue weighted by Gasteiger charge is 2.18. The van der Waals surface area contributed by atoms with Gasteiger partial charge in [-0.25, -0.2) is 0 Å². The monoisotopic (exact) mass is 303 g/mol. The topological polar surface area (TPSA) is 67.2 Å². The second-order valence-corrected chi connectivity index (χ2v) is 5.38. The van der Waals surface area contributed by atoms with Gasteiger partial charge in [0.25, 0.3) is 5.69 Å². The van der Waals surface area contributed by atoms with Gasteiger partial charge in [0.2, 0.25) is 0 Å². The van der Waals surface area contributed by atoms with Crippen LogP contribution in [0.1, 0.15) is 19.3 Å². The first-order chi connectivity index (χ1) is 9.08. The number of hydrogen-bond donors (Lipinski definition) is 2. The molecule has 0 aromatic heterocycles. The summed E-state index contributed by atoms with van der Waals surface area (Å²) in [6, 6.07) is 3.12. The van der Waals surface area contributed by atoms with Crippen LogP contribution in [0.2, 0.25) is 10.0 Å². The zero-order valence-electron chi connectivity index (χ0n) is 10.3. The highest BCUT2D eigenvalue weighted by Crippen LogP contribution is 2.33. The predicted octanol–water partition coefficient (Wildman–Crippen LogP) is 3.46. The maximum atomic E-state index is 11.0. The lowest BCUT2D eigenvalue weighted by Crippen LogP contribution is -2.39. The summed E-state index contributed by atoms with van der Waals surface area (Å²) in [7, 11) is 0. The Morgan fingerprint density at radius 3 is 2.74 bits per heavy atom. The van der Waals surface area contributed by atoms with Crippen LogP contribution < -0.4 is 10.6 Å². The van der Waals surface area contributed by atoms with E-state index in [4.69, 9.17) is 23.2 Å². The average Bonchev–Trinajstić information content (AvgIpc) is 2.40. The highest BCUT2D eigenvalue weighted by molar-refractivity contribution is 6.42. The molecular formula is C12H15Cl2N3O2. The number of piperidine rings is 1. The molecule has 1 heterocycles. The van der Waals surface area contributed by atoms with Crippen LogP contribution in [0.3, 0.4) is 0 Å². The van der Waals surface area contributed by atoms with Crippen molar-refractivity contribution in [3.63, 3.8) is 0 Å². The zero-order valence-corrected chi connectivity index (χ0v) is 11.8. The fourth-order valence-corrected chi connectivity index (χ4v) is 2.48. The lowest BCUT2D eigenvalue weighted by molar-refractivity contribution is -0.383. The van der Waals surface area contributed by atoms with Gasteiger partial charge >= 0.3 is 0 Å². The number of halogens is 2. The minimum Gasteiger partial charge on any atom is -0.378 e. The van der Waals surface area contributed by atoms with Crippen molar-refractivity contribution in [2.75, 3.05) is 18.4 Å². The molecule has 1 saturated heterocycles. The first-order valence-corrected chi connectivity index (χ1v) is 6.94. The SMILES string of the molecule is O=[N+]([O-])c1cc(Cl)c(Cl)cc1NCC1CCCCN1. The maximum Gasteiger partial charge on any atom is 0.293 e. The highest BCUT2D eigenvalue weighted by atomic mass is 35.5. The van der Waals surface area contributed by atoms with Gasteiger partial charge in [0.15, 0.2) is 0 Å². The third-order valence-corrected chi connectivity index (χ3v) is 3.91. The van der Waals surface area contributed by atoms with Gasteiger partial charge in [-0.1, -0.05) is 29.6 Å². The lowest BCUT2D eigenvalue weighted by atomic mass is 10.1. The molecule has 1 aromatic carbocycles. The second-order valence-electron chi connectivity index (χ2n) is 4.57. The van der Waals surface area contributed by atoms with E-state index in [1.807, 2.05) is 0 Å². The molecule has 2 N–H and O–H groups in total. The third kappa shape index (κ3) is 3.72. The Morgan fingerprint density at radius 1 is 1.37 bits per heavy atom. The van der Waals surface area contributed by atoms with E-state index in [1.54, 1.807) is 0 Å². The van der Waals surface area contributed by atoms with Gasteiger partial charge < -0.3 is 10.6 Å². The van der Waals surface area contributed by atoms with Crippen molar-refractivity contribution >= 4 is 34.6 Å². The standard InChI is InChI=1S/C12H15Cl2N3O2/c13-9-5-11(12(17(18)19)6-10(9)14)16-7-8-3-1-2-4-15-8/h5-6,8,15-16H,1-4,7H2. The zero-order chi connectivity index (χ0) is 13.8. The Balaban J connectivity index is 2.09. The molecule has 0 spiro atoms. The van der Waals surface area contributed by atoms with Crippen molar-refractivity contribution in [1.82, 2.24) is 5.32 Å². The number of nitro benzene ring substituents is 1. The Kier molecular flexibility index (Phi) is 4.85. The molecule has 2 rings (SSSR count). The van der Waals surface area contributed by atoms with Gasteiger partial charge in [-0.3, -0.25) is 10.1 Å². The van der Waals surface area contributed by atoms with Gasteiger partial charge in [0.05, 0.1) is 15.0 Å². The smallest absolute Gasteiger partial charge is 0.293 e. The van der Waals surface area contributed by atoms with Crippen LogP contribution >= 0.6 is 23.2 Å². The Hall–Kier alpha value is -1.04. The summed E-state index contributed by atoms with van der Waals surface area (Å²) in [6.07, 6.45) is 3.44. The van der Waals surface area contributed by atoms with E-state index in [9.17, 15) is 10.1 Å². The second kappa shape index (κ2) is 6.41. The van der Waals surface area contributed by atoms with E-state index in [0.717, 1.165) is 13.0 Å². The normalized spacial score (nSPS) is 19.2. The molecule has 1 fully saturated rings. The fourth-order valence-electron chi connectivity index (χ4n) is 2.16. The van der Waals surface area contributed by atoms with Crippen molar-refractivity contribution in [2.24, 2.45) is 0 Å². The molecule has 19 heavy (non-hydrogen) atoms. The van der Waals surface area contributed by atoms with Crippen molar-refractivity contribution in [1.29, 1.82) is 0 Å². The van der Waals surface area contributed by atoms with Crippen LogP contribution in [0.5, 0.6) is 0 Å². The third-order valence-electron chi connectivity index (χ3n) is 3.19. The summed E-state index contributed by atoms with van der Waals surface area (Å²) >= 11 is 11.7. The number of nitrogens with one attached hydrogen (secondary N) is 2. The molecule has 0 radical (unpaired) electrons. The predicted molar refractivity (Wildman–Crippen MR) is 77.2 cm³/mol. The van der Waals surface area contributed by atoms with Gasteiger partial charge in [-0.15, -0.1) is 0 Å². The fraction of sp³-hybridized carbons (Fsp3) is 0.500. The molecule has 5 nitrogen and oxygen atoms in total. The van der Waals surface area contributed by atoms with E-state index >= 15 is 0 Å². The van der Waals surface area contributed by atoms with Gasteiger partial charge in [0, 0.05) is 18.7 Å². The molecule has 1 aromatic rings. The molecule has 1 atom stereocenters.